The van der Waals surface area contributed by atoms with Gasteiger partial charge in [0, 0.05) is 11.1 Å². The molecule has 6 nitrogen and oxygen atoms in total. The Bertz CT molecular complexity index is 330. The zero-order valence-electron chi connectivity index (χ0n) is 11.8. The van der Waals surface area contributed by atoms with Crippen molar-refractivity contribution in [3.63, 3.8) is 0 Å². The van der Waals surface area contributed by atoms with Gasteiger partial charge in [-0.1, -0.05) is 13.2 Å². The first-order chi connectivity index (χ1) is 8.57. The summed E-state index contributed by atoms with van der Waals surface area (Å²) in [5.74, 6) is -1.02. The summed E-state index contributed by atoms with van der Waals surface area (Å²) >= 11 is 0. The molecule has 0 saturated carbocycles. The van der Waals surface area contributed by atoms with Gasteiger partial charge in [0.1, 0.15) is 6.61 Å². The van der Waals surface area contributed by atoms with Crippen molar-refractivity contribution in [1.29, 1.82) is 0 Å². The molecule has 0 aliphatic rings. The number of aliphatic hydroxyl groups excluding tert-OH is 2. The molecule has 0 radical (unpaired) electrons. The molecule has 19 heavy (non-hydrogen) atoms. The predicted molar refractivity (Wildman–Crippen MR) is 70.0 cm³/mol. The highest BCUT2D eigenvalue weighted by Gasteiger charge is 2.05. The van der Waals surface area contributed by atoms with Crippen LogP contribution in [0.25, 0.3) is 0 Å². The smallest absolute Gasteiger partial charge is 0.335 e. The zero-order chi connectivity index (χ0) is 15.6. The van der Waals surface area contributed by atoms with E-state index in [1.54, 1.807) is 13.8 Å². The summed E-state index contributed by atoms with van der Waals surface area (Å²) in [5, 5.41) is 17.2. The maximum absolute atomic E-state index is 10.6. The predicted octanol–water partition coefficient (Wildman–Crippen LogP) is 0.930. The molecule has 2 unspecified atom stereocenters. The third kappa shape index (κ3) is 14.3. The first kappa shape index (κ1) is 19.7. The van der Waals surface area contributed by atoms with Crippen molar-refractivity contribution < 1.29 is 29.3 Å². The van der Waals surface area contributed by atoms with E-state index in [2.05, 4.69) is 22.6 Å². The van der Waals surface area contributed by atoms with Crippen LogP contribution >= 0.6 is 0 Å². The fraction of sp³-hybridized carbons (Fsp3) is 0.538. The van der Waals surface area contributed by atoms with E-state index in [0.29, 0.717) is 5.57 Å². The van der Waals surface area contributed by atoms with Gasteiger partial charge in [0.25, 0.3) is 0 Å². The Morgan fingerprint density at radius 1 is 1.05 bits per heavy atom. The van der Waals surface area contributed by atoms with Crippen LogP contribution in [0.5, 0.6) is 0 Å². The van der Waals surface area contributed by atoms with E-state index in [0.717, 1.165) is 0 Å². The van der Waals surface area contributed by atoms with E-state index in [-0.39, 0.29) is 12.2 Å². The number of ether oxygens (including phenoxy) is 2. The van der Waals surface area contributed by atoms with Crippen LogP contribution in [0.4, 0.5) is 0 Å². The molecule has 2 N–H and O–H groups in total. The lowest BCUT2D eigenvalue weighted by molar-refractivity contribution is -0.159. The number of aliphatic hydroxyl groups is 2. The Morgan fingerprint density at radius 2 is 1.47 bits per heavy atom. The van der Waals surface area contributed by atoms with Crippen molar-refractivity contribution in [1.82, 2.24) is 0 Å². The Morgan fingerprint density at radius 3 is 1.68 bits per heavy atom. The Labute approximate surface area is 113 Å². The van der Waals surface area contributed by atoms with Crippen LogP contribution < -0.4 is 0 Å². The van der Waals surface area contributed by atoms with E-state index in [4.69, 9.17) is 10.2 Å². The van der Waals surface area contributed by atoms with Crippen molar-refractivity contribution in [3.05, 3.63) is 24.3 Å². The Kier molecular flexibility index (Phi) is 10.6. The molecule has 0 aliphatic heterocycles. The fourth-order valence-corrected chi connectivity index (χ4v) is 0.575. The third-order valence-corrected chi connectivity index (χ3v) is 1.43. The number of hydrogen-bond acceptors (Lipinski definition) is 6. The van der Waals surface area contributed by atoms with Gasteiger partial charge < -0.3 is 19.7 Å². The maximum Gasteiger partial charge on any atom is 0.335 e. The van der Waals surface area contributed by atoms with E-state index in [9.17, 15) is 9.59 Å². The number of carbonyl (C=O) groups is 2. The largest absolute Gasteiger partial charge is 0.460 e. The summed E-state index contributed by atoms with van der Waals surface area (Å²) < 4.78 is 8.91. The Hall–Kier alpha value is -1.66. The minimum Gasteiger partial charge on any atom is -0.460 e. The molecule has 0 heterocycles. The minimum absolute atomic E-state index is 0.0334. The molecule has 0 aromatic heterocycles. The lowest BCUT2D eigenvalue weighted by Crippen LogP contribution is -2.15. The Balaban J connectivity index is 0. The molecule has 0 fully saturated rings. The van der Waals surface area contributed by atoms with Crippen molar-refractivity contribution in [2.45, 2.75) is 40.1 Å². The quantitative estimate of drug-likeness (QED) is 0.440. The van der Waals surface area contributed by atoms with E-state index >= 15 is 0 Å². The van der Waals surface area contributed by atoms with Crippen LogP contribution in [0.3, 0.4) is 0 Å². The topological polar surface area (TPSA) is 93.1 Å². The number of hydrogen-bond donors (Lipinski definition) is 2. The molecular weight excluding hydrogens is 252 g/mol. The summed E-state index contributed by atoms with van der Waals surface area (Å²) in [6.45, 7) is 12.7. The summed E-state index contributed by atoms with van der Waals surface area (Å²) in [5.41, 5.74) is 0.636. The van der Waals surface area contributed by atoms with Crippen LogP contribution in [-0.4, -0.2) is 41.2 Å². The molecule has 0 amide bonds. The molecule has 6 heteroatoms. The first-order valence-corrected chi connectivity index (χ1v) is 5.63. The van der Waals surface area contributed by atoms with Gasteiger partial charge in [-0.15, -0.1) is 0 Å². The van der Waals surface area contributed by atoms with Gasteiger partial charge in [0.15, 0.2) is 6.29 Å². The van der Waals surface area contributed by atoms with Gasteiger partial charge in [0.2, 0.25) is 0 Å². The standard InChI is InChI=1S/C7H12O3.C6H10O3/c1-5(2)7(9)10-4-6(3)8;1-4(2)6(8)9-5(3)7/h6,8H,1,4H2,2-3H3;5,7H,1H2,2-3H3. The zero-order valence-corrected chi connectivity index (χ0v) is 11.8. The molecular formula is C13H22O6. The van der Waals surface area contributed by atoms with Gasteiger partial charge in [0.05, 0.1) is 6.10 Å². The maximum atomic E-state index is 10.6. The molecule has 0 spiro atoms. The highest BCUT2D eigenvalue weighted by Crippen LogP contribution is 1.94. The second-order valence-corrected chi connectivity index (χ2v) is 4.01. The SMILES string of the molecule is C=C(C)C(=O)OC(C)O.C=C(C)C(=O)OCC(C)O. The second-order valence-electron chi connectivity index (χ2n) is 4.01. The number of carbonyl (C=O) groups excluding carboxylic acids is 2. The fourth-order valence-electron chi connectivity index (χ4n) is 0.575. The number of rotatable bonds is 5. The molecule has 0 aromatic carbocycles. The van der Waals surface area contributed by atoms with Crippen molar-refractivity contribution >= 4 is 11.9 Å². The summed E-state index contributed by atoms with van der Waals surface area (Å²) in [6, 6.07) is 0. The van der Waals surface area contributed by atoms with Crippen LogP contribution in [0, 0.1) is 0 Å². The van der Waals surface area contributed by atoms with Crippen LogP contribution in [0.1, 0.15) is 27.7 Å². The molecule has 0 rings (SSSR count). The van der Waals surface area contributed by atoms with Gasteiger partial charge in [-0.25, -0.2) is 9.59 Å². The highest BCUT2D eigenvalue weighted by atomic mass is 16.6. The summed E-state index contributed by atoms with van der Waals surface area (Å²) in [7, 11) is 0. The van der Waals surface area contributed by atoms with Gasteiger partial charge >= 0.3 is 11.9 Å². The van der Waals surface area contributed by atoms with Crippen molar-refractivity contribution in [2.24, 2.45) is 0 Å². The molecule has 0 aromatic rings. The molecule has 0 saturated heterocycles. The van der Waals surface area contributed by atoms with Crippen LogP contribution in [0.15, 0.2) is 24.3 Å². The van der Waals surface area contributed by atoms with Gasteiger partial charge in [-0.3, -0.25) is 0 Å². The van der Waals surface area contributed by atoms with Gasteiger partial charge in [-0.05, 0) is 27.7 Å². The van der Waals surface area contributed by atoms with E-state index in [1.807, 2.05) is 0 Å². The van der Waals surface area contributed by atoms with Crippen LogP contribution in [0.2, 0.25) is 0 Å². The van der Waals surface area contributed by atoms with Gasteiger partial charge in [-0.2, -0.15) is 0 Å². The van der Waals surface area contributed by atoms with Crippen molar-refractivity contribution in [2.75, 3.05) is 6.61 Å². The first-order valence-electron chi connectivity index (χ1n) is 5.63. The molecule has 2 atom stereocenters. The number of esters is 2. The average Bonchev–Trinajstić information content (AvgIpc) is 2.25. The molecule has 0 bridgehead atoms. The lowest BCUT2D eigenvalue weighted by atomic mass is 10.3. The lowest BCUT2D eigenvalue weighted by Gasteiger charge is -2.04. The monoisotopic (exact) mass is 274 g/mol. The highest BCUT2D eigenvalue weighted by molar-refractivity contribution is 5.87. The molecule has 110 valence electrons. The van der Waals surface area contributed by atoms with E-state index < -0.39 is 24.3 Å². The van der Waals surface area contributed by atoms with Crippen molar-refractivity contribution in [3.8, 4) is 0 Å². The van der Waals surface area contributed by atoms with E-state index in [1.165, 1.54) is 13.8 Å². The minimum atomic E-state index is -1.05. The molecule has 0 aliphatic carbocycles. The van der Waals surface area contributed by atoms with Crippen LogP contribution in [-0.2, 0) is 19.1 Å². The second kappa shape index (κ2) is 10.3. The summed E-state index contributed by atoms with van der Waals surface area (Å²) in [6.07, 6.45) is -1.66. The third-order valence-electron chi connectivity index (χ3n) is 1.43. The normalized spacial score (nSPS) is 12.3. The average molecular weight is 274 g/mol. The summed E-state index contributed by atoms with van der Waals surface area (Å²) in [4.78, 5) is 21.1.